The van der Waals surface area contributed by atoms with Gasteiger partial charge in [0.25, 0.3) is 11.8 Å². The maximum Gasteiger partial charge on any atom is 0.281 e. The van der Waals surface area contributed by atoms with Gasteiger partial charge in [0, 0.05) is 5.56 Å². The number of hydrogen-bond acceptors (Lipinski definition) is 5. The number of para-hydroxylation sites is 1. The number of thiazole rings is 1. The van der Waals surface area contributed by atoms with Crippen LogP contribution in [-0.4, -0.2) is 23.3 Å². The molecule has 0 atom stereocenters. The highest BCUT2D eigenvalue weighted by atomic mass is 35.5. The van der Waals surface area contributed by atoms with Gasteiger partial charge in [-0.15, -0.1) is 11.3 Å². The molecule has 6 nitrogen and oxygen atoms in total. The summed E-state index contributed by atoms with van der Waals surface area (Å²) in [6.07, 6.45) is 0. The molecule has 1 aromatic heterocycles. The van der Waals surface area contributed by atoms with Gasteiger partial charge in [-0.2, -0.15) is 0 Å². The first-order chi connectivity index (χ1) is 13.0. The van der Waals surface area contributed by atoms with Crippen molar-refractivity contribution in [2.24, 2.45) is 0 Å². The molecule has 0 fully saturated rings. The zero-order valence-corrected chi connectivity index (χ0v) is 16.0. The van der Waals surface area contributed by atoms with Crippen LogP contribution < -0.4 is 16.2 Å². The quantitative estimate of drug-likeness (QED) is 0.571. The molecular formula is C19H17ClN4O2S. The maximum absolute atomic E-state index is 12.3. The summed E-state index contributed by atoms with van der Waals surface area (Å²) in [7, 11) is 0. The zero-order chi connectivity index (χ0) is 19.2. The van der Waals surface area contributed by atoms with Crippen LogP contribution in [0.25, 0.3) is 10.6 Å². The van der Waals surface area contributed by atoms with Crippen molar-refractivity contribution in [2.75, 3.05) is 11.9 Å². The number of carbonyl (C=O) groups is 2. The molecular weight excluding hydrogens is 384 g/mol. The summed E-state index contributed by atoms with van der Waals surface area (Å²) in [4.78, 5) is 29.2. The van der Waals surface area contributed by atoms with Crippen LogP contribution in [0, 0.1) is 6.92 Å². The molecule has 0 aliphatic heterocycles. The molecule has 0 unspecified atom stereocenters. The van der Waals surface area contributed by atoms with E-state index in [1.807, 2.05) is 36.4 Å². The van der Waals surface area contributed by atoms with E-state index in [4.69, 9.17) is 11.6 Å². The van der Waals surface area contributed by atoms with Gasteiger partial charge in [-0.1, -0.05) is 54.1 Å². The summed E-state index contributed by atoms with van der Waals surface area (Å²) in [5.74, 6) is -0.799. The summed E-state index contributed by atoms with van der Waals surface area (Å²) in [5, 5.41) is 4.18. The number of aromatic nitrogens is 1. The first-order valence-electron chi connectivity index (χ1n) is 8.15. The van der Waals surface area contributed by atoms with Gasteiger partial charge >= 0.3 is 0 Å². The Morgan fingerprint density at radius 2 is 1.74 bits per heavy atom. The molecule has 3 N–H and O–H groups in total. The van der Waals surface area contributed by atoms with E-state index in [1.54, 1.807) is 25.1 Å². The van der Waals surface area contributed by atoms with E-state index in [2.05, 4.69) is 21.2 Å². The largest absolute Gasteiger partial charge is 0.375 e. The molecule has 2 amide bonds. The molecule has 3 aromatic rings. The van der Waals surface area contributed by atoms with Gasteiger partial charge in [-0.05, 0) is 19.1 Å². The predicted octanol–water partition coefficient (Wildman–Crippen LogP) is 3.65. The maximum atomic E-state index is 12.3. The van der Waals surface area contributed by atoms with Gasteiger partial charge in [0.15, 0.2) is 0 Å². The molecule has 2 aromatic carbocycles. The van der Waals surface area contributed by atoms with Crippen LogP contribution in [0.15, 0.2) is 54.6 Å². The summed E-state index contributed by atoms with van der Waals surface area (Å²) < 4.78 is 0. The number of rotatable bonds is 5. The van der Waals surface area contributed by atoms with Crippen LogP contribution in [-0.2, 0) is 4.79 Å². The molecule has 1 heterocycles. The lowest BCUT2D eigenvalue weighted by atomic mass is 10.2. The van der Waals surface area contributed by atoms with Gasteiger partial charge < -0.3 is 5.32 Å². The predicted molar refractivity (Wildman–Crippen MR) is 108 cm³/mol. The fraction of sp³-hybridized carbons (Fsp3) is 0.105. The van der Waals surface area contributed by atoms with Gasteiger partial charge in [-0.3, -0.25) is 20.4 Å². The minimum absolute atomic E-state index is 0.0268. The Morgan fingerprint density at radius 1 is 1.04 bits per heavy atom. The number of amides is 2. The summed E-state index contributed by atoms with van der Waals surface area (Å²) >= 11 is 7.29. The zero-order valence-electron chi connectivity index (χ0n) is 14.5. The van der Waals surface area contributed by atoms with Crippen molar-refractivity contribution in [2.45, 2.75) is 6.92 Å². The number of benzene rings is 2. The SMILES string of the molecule is Cc1nc(-c2ccccc2)sc1C(=O)NNC(=O)CNc1ccccc1Cl. The van der Waals surface area contributed by atoms with Crippen LogP contribution in [0.5, 0.6) is 0 Å². The van der Waals surface area contributed by atoms with Crippen molar-refractivity contribution < 1.29 is 9.59 Å². The molecule has 3 rings (SSSR count). The van der Waals surface area contributed by atoms with Crippen molar-refractivity contribution in [3.8, 4) is 10.6 Å². The van der Waals surface area contributed by atoms with E-state index in [0.29, 0.717) is 21.3 Å². The molecule has 0 radical (unpaired) electrons. The van der Waals surface area contributed by atoms with Gasteiger partial charge in [0.1, 0.15) is 9.88 Å². The van der Waals surface area contributed by atoms with Crippen LogP contribution in [0.1, 0.15) is 15.4 Å². The first-order valence-corrected chi connectivity index (χ1v) is 9.34. The summed E-state index contributed by atoms with van der Waals surface area (Å²) in [5.41, 5.74) is 6.99. The Bertz CT molecular complexity index is 959. The van der Waals surface area contributed by atoms with Crippen LogP contribution in [0.3, 0.4) is 0 Å². The lowest BCUT2D eigenvalue weighted by Crippen LogP contribution is -2.44. The number of nitrogens with zero attached hydrogens (tertiary/aromatic N) is 1. The van der Waals surface area contributed by atoms with Crippen LogP contribution in [0.2, 0.25) is 5.02 Å². The molecule has 8 heteroatoms. The fourth-order valence-electron chi connectivity index (χ4n) is 2.32. The van der Waals surface area contributed by atoms with E-state index in [0.717, 1.165) is 10.6 Å². The Labute approximate surface area is 165 Å². The molecule has 0 spiro atoms. The topological polar surface area (TPSA) is 83.1 Å². The first kappa shape index (κ1) is 18.9. The Morgan fingerprint density at radius 3 is 2.48 bits per heavy atom. The number of hydrazine groups is 1. The molecule has 138 valence electrons. The normalized spacial score (nSPS) is 10.3. The number of hydrogen-bond donors (Lipinski definition) is 3. The third-order valence-electron chi connectivity index (χ3n) is 3.65. The summed E-state index contributed by atoms with van der Waals surface area (Å²) in [6, 6.07) is 16.7. The summed E-state index contributed by atoms with van der Waals surface area (Å²) in [6.45, 7) is 1.74. The van der Waals surface area contributed by atoms with Crippen LogP contribution in [0.4, 0.5) is 5.69 Å². The lowest BCUT2D eigenvalue weighted by molar-refractivity contribution is -0.120. The fourth-order valence-corrected chi connectivity index (χ4v) is 3.49. The molecule has 0 aliphatic carbocycles. The minimum atomic E-state index is -0.404. The second kappa shape index (κ2) is 8.66. The third kappa shape index (κ3) is 4.84. The smallest absolute Gasteiger partial charge is 0.281 e. The van der Waals surface area contributed by atoms with Crippen molar-refractivity contribution in [3.05, 3.63) is 70.2 Å². The average Bonchev–Trinajstić information content (AvgIpc) is 3.08. The number of nitrogens with one attached hydrogen (secondary N) is 3. The Kier molecular flexibility index (Phi) is 6.05. The van der Waals surface area contributed by atoms with E-state index in [-0.39, 0.29) is 6.54 Å². The number of carbonyl (C=O) groups excluding carboxylic acids is 2. The standard InChI is InChI=1S/C19H17ClN4O2S/c1-12-17(27-19(22-12)13-7-3-2-4-8-13)18(26)24-23-16(25)11-21-15-10-6-5-9-14(15)20/h2-10,21H,11H2,1H3,(H,23,25)(H,24,26). The van der Waals surface area contributed by atoms with Gasteiger partial charge in [0.05, 0.1) is 22.9 Å². The average molecular weight is 401 g/mol. The highest BCUT2D eigenvalue weighted by molar-refractivity contribution is 7.17. The Hall–Kier alpha value is -2.90. The van der Waals surface area contributed by atoms with E-state index >= 15 is 0 Å². The van der Waals surface area contributed by atoms with Crippen molar-refractivity contribution >= 4 is 40.4 Å². The van der Waals surface area contributed by atoms with E-state index in [9.17, 15) is 9.59 Å². The molecule has 0 aliphatic rings. The number of anilines is 1. The highest BCUT2D eigenvalue weighted by Gasteiger charge is 2.16. The number of aryl methyl sites for hydroxylation is 1. The van der Waals surface area contributed by atoms with Gasteiger partial charge in [0.2, 0.25) is 0 Å². The van der Waals surface area contributed by atoms with Crippen molar-refractivity contribution in [1.82, 2.24) is 15.8 Å². The van der Waals surface area contributed by atoms with E-state index < -0.39 is 11.8 Å². The highest BCUT2D eigenvalue weighted by Crippen LogP contribution is 2.27. The molecule has 27 heavy (non-hydrogen) atoms. The minimum Gasteiger partial charge on any atom is -0.375 e. The molecule has 0 saturated carbocycles. The Balaban J connectivity index is 1.55. The van der Waals surface area contributed by atoms with Gasteiger partial charge in [-0.25, -0.2) is 4.98 Å². The third-order valence-corrected chi connectivity index (χ3v) is 5.19. The second-order valence-corrected chi connectivity index (χ2v) is 7.04. The monoisotopic (exact) mass is 400 g/mol. The second-order valence-electron chi connectivity index (χ2n) is 5.64. The number of halogens is 1. The molecule has 0 bridgehead atoms. The lowest BCUT2D eigenvalue weighted by Gasteiger charge is -2.09. The van der Waals surface area contributed by atoms with Crippen molar-refractivity contribution in [1.29, 1.82) is 0 Å². The van der Waals surface area contributed by atoms with Crippen LogP contribution >= 0.6 is 22.9 Å². The van der Waals surface area contributed by atoms with E-state index in [1.165, 1.54) is 11.3 Å². The molecule has 0 saturated heterocycles. The van der Waals surface area contributed by atoms with Crippen molar-refractivity contribution in [3.63, 3.8) is 0 Å².